The molecule has 152 valence electrons. The van der Waals surface area contributed by atoms with Crippen LogP contribution < -0.4 is 10.9 Å². The predicted molar refractivity (Wildman–Crippen MR) is 111 cm³/mol. The Hall–Kier alpha value is -3.24. The van der Waals surface area contributed by atoms with Crippen LogP contribution in [0.1, 0.15) is 18.3 Å². The van der Waals surface area contributed by atoms with E-state index in [9.17, 15) is 14.4 Å². The number of rotatable bonds is 3. The zero-order chi connectivity index (χ0) is 21.2. The minimum Gasteiger partial charge on any atom is -0.319 e. The average molecular weight is 443 g/mol. The molecule has 1 saturated heterocycles. The second-order valence-electron chi connectivity index (χ2n) is 7.20. The molecule has 11 heteroatoms. The molecule has 30 heavy (non-hydrogen) atoms. The van der Waals surface area contributed by atoms with Gasteiger partial charge in [-0.15, -0.1) is 21.5 Å². The number of urea groups is 1. The number of aromatic nitrogens is 4. The molecule has 1 fully saturated rings. The standard InChI is InChI=1S/C19H15ClN6O3S/c1-19(10-3-5-11(20)6-4-10)16(28)25(18(29)21-19)9-13-22-23-17-24(2)15(27)14-12(26(13)17)7-8-30-14/h3-8H,9H2,1-2H3,(H,21,29). The van der Waals surface area contributed by atoms with Crippen molar-refractivity contribution in [2.75, 3.05) is 0 Å². The van der Waals surface area contributed by atoms with E-state index in [1.165, 1.54) is 15.9 Å². The van der Waals surface area contributed by atoms with Crippen molar-refractivity contribution >= 4 is 50.9 Å². The van der Waals surface area contributed by atoms with Crippen molar-refractivity contribution in [3.63, 3.8) is 0 Å². The number of nitrogens with one attached hydrogen (secondary N) is 1. The van der Waals surface area contributed by atoms with Crippen molar-refractivity contribution in [3.8, 4) is 0 Å². The SMILES string of the molecule is Cn1c(=O)c2sccc2n2c(CN3C(=O)NC(C)(c4ccc(Cl)cc4)C3=O)nnc12. The van der Waals surface area contributed by atoms with Crippen molar-refractivity contribution in [1.82, 2.24) is 29.4 Å². The Morgan fingerprint density at radius 2 is 1.87 bits per heavy atom. The number of imide groups is 1. The highest BCUT2D eigenvalue weighted by Crippen LogP contribution is 2.30. The van der Waals surface area contributed by atoms with Crippen LogP contribution in [-0.2, 0) is 23.9 Å². The summed E-state index contributed by atoms with van der Waals surface area (Å²) in [5.41, 5.74) is -0.115. The number of nitrogens with zero attached hydrogens (tertiary/aromatic N) is 5. The van der Waals surface area contributed by atoms with Gasteiger partial charge in [-0.2, -0.15) is 0 Å². The van der Waals surface area contributed by atoms with Gasteiger partial charge in [-0.3, -0.25) is 23.5 Å². The molecule has 0 spiro atoms. The van der Waals surface area contributed by atoms with Crippen LogP contribution in [0.2, 0.25) is 5.02 Å². The lowest BCUT2D eigenvalue weighted by Crippen LogP contribution is -2.40. The van der Waals surface area contributed by atoms with Crippen LogP contribution in [0.5, 0.6) is 0 Å². The highest BCUT2D eigenvalue weighted by Gasteiger charge is 2.49. The Morgan fingerprint density at radius 3 is 2.60 bits per heavy atom. The molecule has 0 aliphatic carbocycles. The normalized spacial score (nSPS) is 19.2. The predicted octanol–water partition coefficient (Wildman–Crippen LogP) is 2.26. The number of halogens is 1. The van der Waals surface area contributed by atoms with Gasteiger partial charge < -0.3 is 5.32 Å². The Balaban J connectivity index is 1.57. The molecule has 4 heterocycles. The van der Waals surface area contributed by atoms with Gasteiger partial charge in [0.25, 0.3) is 11.5 Å². The third-order valence-corrected chi connectivity index (χ3v) is 6.54. The lowest BCUT2D eigenvalue weighted by atomic mass is 9.92. The summed E-state index contributed by atoms with van der Waals surface area (Å²) >= 11 is 7.26. The van der Waals surface area contributed by atoms with Gasteiger partial charge in [0.1, 0.15) is 10.2 Å². The monoisotopic (exact) mass is 442 g/mol. The lowest BCUT2D eigenvalue weighted by Gasteiger charge is -2.22. The quantitative estimate of drug-likeness (QED) is 0.490. The number of thiophene rings is 1. The molecular formula is C19H15ClN6O3S. The van der Waals surface area contributed by atoms with Crippen LogP contribution in [-0.4, -0.2) is 36.0 Å². The van der Waals surface area contributed by atoms with E-state index in [1.807, 2.05) is 0 Å². The number of hydrogen-bond acceptors (Lipinski definition) is 6. The molecule has 0 saturated carbocycles. The first kappa shape index (κ1) is 18.8. The second kappa shape index (κ2) is 6.38. The van der Waals surface area contributed by atoms with E-state index in [0.29, 0.717) is 32.4 Å². The third kappa shape index (κ3) is 2.50. The topological polar surface area (TPSA) is 102 Å². The van der Waals surface area contributed by atoms with Gasteiger partial charge in [-0.05, 0) is 36.1 Å². The van der Waals surface area contributed by atoms with E-state index in [2.05, 4.69) is 15.5 Å². The molecule has 0 radical (unpaired) electrons. The van der Waals surface area contributed by atoms with Gasteiger partial charge in [0.05, 0.1) is 12.1 Å². The van der Waals surface area contributed by atoms with Crippen molar-refractivity contribution in [2.24, 2.45) is 7.05 Å². The van der Waals surface area contributed by atoms with Crippen LogP contribution >= 0.6 is 22.9 Å². The van der Waals surface area contributed by atoms with Crippen LogP contribution in [0, 0.1) is 0 Å². The highest BCUT2D eigenvalue weighted by molar-refractivity contribution is 7.17. The summed E-state index contributed by atoms with van der Waals surface area (Å²) in [7, 11) is 1.61. The molecule has 3 aromatic heterocycles. The molecule has 1 atom stereocenters. The Morgan fingerprint density at radius 1 is 1.13 bits per heavy atom. The van der Waals surface area contributed by atoms with E-state index in [-0.39, 0.29) is 12.1 Å². The fourth-order valence-electron chi connectivity index (χ4n) is 3.72. The summed E-state index contributed by atoms with van der Waals surface area (Å²) < 4.78 is 3.65. The summed E-state index contributed by atoms with van der Waals surface area (Å²) in [6, 6.07) is 8.03. The van der Waals surface area contributed by atoms with Crippen LogP contribution in [0.25, 0.3) is 16.0 Å². The number of amides is 3. The molecular weight excluding hydrogens is 428 g/mol. The smallest absolute Gasteiger partial charge is 0.319 e. The highest BCUT2D eigenvalue weighted by atomic mass is 35.5. The summed E-state index contributed by atoms with van der Waals surface area (Å²) in [5.74, 6) is 0.319. The molecule has 4 aromatic rings. The first-order chi connectivity index (χ1) is 14.3. The van der Waals surface area contributed by atoms with Crippen molar-refractivity contribution in [3.05, 3.63) is 62.5 Å². The summed E-state index contributed by atoms with van der Waals surface area (Å²) in [6.45, 7) is 1.57. The molecule has 1 aliphatic rings. The van der Waals surface area contributed by atoms with Crippen LogP contribution in [0.15, 0.2) is 40.5 Å². The molecule has 0 bridgehead atoms. The van der Waals surface area contributed by atoms with E-state index in [0.717, 1.165) is 4.90 Å². The Bertz CT molecular complexity index is 1410. The number of aryl methyl sites for hydroxylation is 1. The van der Waals surface area contributed by atoms with Gasteiger partial charge in [0, 0.05) is 12.1 Å². The molecule has 1 aromatic carbocycles. The number of carbonyl (C=O) groups excluding carboxylic acids is 2. The van der Waals surface area contributed by atoms with Gasteiger partial charge in [-0.25, -0.2) is 4.79 Å². The largest absolute Gasteiger partial charge is 0.325 e. The fraction of sp³-hybridized carbons (Fsp3) is 0.211. The summed E-state index contributed by atoms with van der Waals surface area (Å²) in [6.07, 6.45) is 0. The van der Waals surface area contributed by atoms with Gasteiger partial charge in [-0.1, -0.05) is 23.7 Å². The van der Waals surface area contributed by atoms with Crippen molar-refractivity contribution < 1.29 is 9.59 Å². The molecule has 9 nitrogen and oxygen atoms in total. The molecule has 1 N–H and O–H groups in total. The van der Waals surface area contributed by atoms with Gasteiger partial charge in [0.15, 0.2) is 5.82 Å². The minimum atomic E-state index is -1.22. The minimum absolute atomic E-state index is 0.0852. The van der Waals surface area contributed by atoms with E-state index in [4.69, 9.17) is 11.6 Å². The maximum Gasteiger partial charge on any atom is 0.325 e. The van der Waals surface area contributed by atoms with Crippen molar-refractivity contribution in [2.45, 2.75) is 19.0 Å². The number of hydrogen-bond donors (Lipinski definition) is 1. The lowest BCUT2D eigenvalue weighted by molar-refractivity contribution is -0.131. The average Bonchev–Trinajstić information content (AvgIpc) is 3.41. The van der Waals surface area contributed by atoms with Crippen LogP contribution in [0.4, 0.5) is 4.79 Å². The van der Waals surface area contributed by atoms with E-state index < -0.39 is 17.5 Å². The first-order valence-electron chi connectivity index (χ1n) is 9.01. The zero-order valence-corrected chi connectivity index (χ0v) is 17.5. The van der Waals surface area contributed by atoms with Gasteiger partial charge in [0.2, 0.25) is 5.78 Å². The number of benzene rings is 1. The zero-order valence-electron chi connectivity index (χ0n) is 15.9. The third-order valence-electron chi connectivity index (χ3n) is 5.39. The van der Waals surface area contributed by atoms with E-state index in [1.54, 1.807) is 54.1 Å². The number of carbonyl (C=O) groups is 2. The van der Waals surface area contributed by atoms with Crippen molar-refractivity contribution in [1.29, 1.82) is 0 Å². The summed E-state index contributed by atoms with van der Waals surface area (Å²) in [5, 5.41) is 13.4. The Labute approximate surface area is 178 Å². The van der Waals surface area contributed by atoms with E-state index >= 15 is 0 Å². The molecule has 1 unspecified atom stereocenters. The Kier molecular flexibility index (Phi) is 3.99. The summed E-state index contributed by atoms with van der Waals surface area (Å²) in [4.78, 5) is 39.5. The van der Waals surface area contributed by atoms with Crippen LogP contribution in [0.3, 0.4) is 0 Å². The first-order valence-corrected chi connectivity index (χ1v) is 10.3. The maximum atomic E-state index is 13.2. The van der Waals surface area contributed by atoms with Gasteiger partial charge >= 0.3 is 6.03 Å². The number of fused-ring (bicyclic) bond motifs is 3. The molecule has 1 aliphatic heterocycles. The molecule has 5 rings (SSSR count). The maximum absolute atomic E-state index is 13.2. The molecule has 3 amide bonds. The second-order valence-corrected chi connectivity index (χ2v) is 8.56. The fourth-order valence-corrected chi connectivity index (χ4v) is 4.69.